The van der Waals surface area contributed by atoms with Crippen molar-refractivity contribution >= 4 is 5.87 Å². The van der Waals surface area contributed by atoms with Gasteiger partial charge in [-0.2, -0.15) is 15.1 Å². The second-order valence-corrected chi connectivity index (χ2v) is 6.58. The molecular weight excluding hydrogens is 357 g/mol. The highest BCUT2D eigenvalue weighted by atomic mass is 19.1. The van der Waals surface area contributed by atoms with E-state index in [0.29, 0.717) is 5.56 Å². The van der Waals surface area contributed by atoms with Crippen LogP contribution in [0.1, 0.15) is 24.4 Å². The van der Waals surface area contributed by atoms with Crippen molar-refractivity contribution in [3.63, 3.8) is 0 Å². The molecule has 3 atom stereocenters. The van der Waals surface area contributed by atoms with Crippen LogP contribution in [0.4, 0.5) is 4.39 Å². The average molecular weight is 374 g/mol. The Balaban J connectivity index is 2.34. The van der Waals surface area contributed by atoms with E-state index in [1.807, 2.05) is 18.0 Å². The monoisotopic (exact) mass is 374 g/mol. The Morgan fingerprint density at radius 3 is 2.39 bits per heavy atom. The number of halogens is 1. The van der Waals surface area contributed by atoms with E-state index in [1.165, 1.54) is 19.1 Å². The number of hydrogen-bond donors (Lipinski definition) is 3. The summed E-state index contributed by atoms with van der Waals surface area (Å²) in [5.74, 6) is 0.899. The summed E-state index contributed by atoms with van der Waals surface area (Å²) in [7, 11) is 0. The van der Waals surface area contributed by atoms with Gasteiger partial charge in [0, 0.05) is 12.1 Å². The predicted molar refractivity (Wildman–Crippen MR) is 98.1 cm³/mol. The summed E-state index contributed by atoms with van der Waals surface area (Å²) in [4.78, 5) is 0. The maximum absolute atomic E-state index is 13.5. The number of nitrogens with zero attached hydrogens (tertiary/aromatic N) is 3. The molecule has 0 fully saturated rings. The van der Waals surface area contributed by atoms with Gasteiger partial charge in [0.1, 0.15) is 17.5 Å². The van der Waals surface area contributed by atoms with Gasteiger partial charge >= 0.3 is 0 Å². The van der Waals surface area contributed by atoms with Gasteiger partial charge in [-0.3, -0.25) is 5.41 Å². The van der Waals surface area contributed by atoms with Gasteiger partial charge in [0.25, 0.3) is 0 Å². The first kappa shape index (κ1) is 19.0. The second kappa shape index (κ2) is 7.46. The molecular formula is C21H17FN5O+. The molecule has 0 aliphatic carbocycles. The number of aliphatic hydroxyl groups is 1. The van der Waals surface area contributed by atoms with Crippen molar-refractivity contribution in [3.8, 4) is 12.1 Å². The molecule has 2 heterocycles. The molecule has 0 bridgehead atoms. The molecule has 2 aromatic rings. The van der Waals surface area contributed by atoms with Gasteiger partial charge in [0.15, 0.2) is 18.1 Å². The topological polar surface area (TPSA) is 108 Å². The van der Waals surface area contributed by atoms with E-state index in [0.717, 1.165) is 0 Å². The van der Waals surface area contributed by atoms with Crippen LogP contribution < -0.4 is 9.88 Å². The predicted octanol–water partition coefficient (Wildman–Crippen LogP) is 2.23. The maximum Gasteiger partial charge on any atom is 0.216 e. The Morgan fingerprint density at radius 1 is 1.21 bits per heavy atom. The third kappa shape index (κ3) is 3.28. The summed E-state index contributed by atoms with van der Waals surface area (Å²) in [6.45, 7) is 1.53. The zero-order valence-electron chi connectivity index (χ0n) is 15.0. The van der Waals surface area contributed by atoms with Gasteiger partial charge in [-0.1, -0.05) is 18.2 Å². The van der Waals surface area contributed by atoms with Gasteiger partial charge in [-0.25, -0.2) is 4.39 Å². The standard InChI is InChI=1S/C21H17FN5O/c1-21(28)20(27-9-3-2-4-10-27)18(14-5-7-16(22)8-6-14)17(13-25)19(26-21)15(11-23)12-24/h2-10,18,20,23,26,28H,1H3/q+1. The van der Waals surface area contributed by atoms with Crippen LogP contribution in [0.3, 0.4) is 0 Å². The lowest BCUT2D eigenvalue weighted by atomic mass is 9.76. The Bertz CT molecular complexity index is 1050. The lowest BCUT2D eigenvalue weighted by Crippen LogP contribution is -2.63. The number of allylic oxidation sites excluding steroid dienone is 2. The van der Waals surface area contributed by atoms with Crippen molar-refractivity contribution in [2.24, 2.45) is 0 Å². The van der Waals surface area contributed by atoms with Gasteiger partial charge in [0.05, 0.1) is 23.3 Å². The number of benzene rings is 1. The van der Waals surface area contributed by atoms with Crippen LogP contribution in [-0.4, -0.2) is 16.7 Å². The molecule has 1 aromatic carbocycles. The van der Waals surface area contributed by atoms with Gasteiger partial charge in [0.2, 0.25) is 6.04 Å². The SMILES string of the molecule is CC1(O)NC(C(=C=N)C#N)=C(C#N)C(c2ccc(F)cc2)C1[n+]1ccccc1. The molecule has 1 aliphatic heterocycles. The lowest BCUT2D eigenvalue weighted by Gasteiger charge is -2.40. The zero-order chi connectivity index (χ0) is 20.3. The van der Waals surface area contributed by atoms with Crippen LogP contribution in [0.2, 0.25) is 0 Å². The molecule has 6 nitrogen and oxygen atoms in total. The van der Waals surface area contributed by atoms with Crippen LogP contribution in [0, 0.1) is 33.9 Å². The first-order valence-corrected chi connectivity index (χ1v) is 8.49. The number of nitrogens with one attached hydrogen (secondary N) is 2. The van der Waals surface area contributed by atoms with E-state index in [2.05, 4.69) is 11.4 Å². The summed E-state index contributed by atoms with van der Waals surface area (Å²) in [6.07, 6.45) is 3.52. The highest BCUT2D eigenvalue weighted by Crippen LogP contribution is 2.43. The molecule has 138 valence electrons. The van der Waals surface area contributed by atoms with E-state index >= 15 is 0 Å². The molecule has 3 N–H and O–H groups in total. The van der Waals surface area contributed by atoms with E-state index in [1.54, 1.807) is 41.2 Å². The van der Waals surface area contributed by atoms with Crippen molar-refractivity contribution in [1.29, 1.82) is 15.9 Å². The highest BCUT2D eigenvalue weighted by Gasteiger charge is 2.52. The van der Waals surface area contributed by atoms with E-state index in [-0.39, 0.29) is 16.8 Å². The summed E-state index contributed by atoms with van der Waals surface area (Å²) in [5, 5.41) is 40.7. The molecule has 0 saturated carbocycles. The van der Waals surface area contributed by atoms with Crippen molar-refractivity contribution in [3.05, 3.63) is 83.1 Å². The van der Waals surface area contributed by atoms with Gasteiger partial charge in [-0.05, 0) is 30.5 Å². The van der Waals surface area contributed by atoms with Crippen molar-refractivity contribution in [2.75, 3.05) is 0 Å². The van der Waals surface area contributed by atoms with Crippen LogP contribution >= 0.6 is 0 Å². The molecule has 7 heteroatoms. The molecule has 0 saturated heterocycles. The minimum atomic E-state index is -1.58. The smallest absolute Gasteiger partial charge is 0.216 e. The Morgan fingerprint density at radius 2 is 1.86 bits per heavy atom. The van der Waals surface area contributed by atoms with Gasteiger partial charge in [-0.15, -0.1) is 0 Å². The van der Waals surface area contributed by atoms with E-state index in [4.69, 9.17) is 5.41 Å². The second-order valence-electron chi connectivity index (χ2n) is 6.58. The molecule has 1 aliphatic rings. The fourth-order valence-corrected chi connectivity index (χ4v) is 3.58. The minimum absolute atomic E-state index is 0.0482. The summed E-state index contributed by atoms with van der Waals surface area (Å²) in [5.41, 5.74) is -0.969. The summed E-state index contributed by atoms with van der Waals surface area (Å²) < 4.78 is 15.3. The summed E-state index contributed by atoms with van der Waals surface area (Å²) in [6, 6.07) is 14.3. The molecule has 0 radical (unpaired) electrons. The number of pyridine rings is 1. The molecule has 28 heavy (non-hydrogen) atoms. The fraction of sp³-hybridized carbons (Fsp3) is 0.190. The Labute approximate surface area is 161 Å². The number of aromatic nitrogens is 1. The maximum atomic E-state index is 13.5. The minimum Gasteiger partial charge on any atom is -0.366 e. The largest absolute Gasteiger partial charge is 0.366 e. The normalized spacial score (nSPS) is 23.8. The third-order valence-corrected chi connectivity index (χ3v) is 4.75. The Kier molecular flexibility index (Phi) is 5.06. The fourth-order valence-electron chi connectivity index (χ4n) is 3.58. The lowest BCUT2D eigenvalue weighted by molar-refractivity contribution is -0.741. The van der Waals surface area contributed by atoms with Crippen LogP contribution in [0.5, 0.6) is 0 Å². The molecule has 0 spiro atoms. The molecule has 0 amide bonds. The van der Waals surface area contributed by atoms with E-state index in [9.17, 15) is 20.0 Å². The summed E-state index contributed by atoms with van der Waals surface area (Å²) >= 11 is 0. The third-order valence-electron chi connectivity index (χ3n) is 4.75. The van der Waals surface area contributed by atoms with E-state index < -0.39 is 23.5 Å². The highest BCUT2D eigenvalue weighted by molar-refractivity contribution is 5.71. The number of nitriles is 2. The van der Waals surface area contributed by atoms with Crippen LogP contribution in [0.25, 0.3) is 0 Å². The Hall–Kier alpha value is -3.77. The molecule has 3 unspecified atom stereocenters. The van der Waals surface area contributed by atoms with Crippen LogP contribution in [0.15, 0.2) is 71.7 Å². The zero-order valence-corrected chi connectivity index (χ0v) is 15.0. The number of rotatable bonds is 3. The average Bonchev–Trinajstić information content (AvgIpc) is 2.69. The molecule has 3 rings (SSSR count). The number of hydrogen-bond acceptors (Lipinski definition) is 5. The van der Waals surface area contributed by atoms with Crippen molar-refractivity contribution in [2.45, 2.75) is 24.6 Å². The quantitative estimate of drug-likeness (QED) is 0.435. The van der Waals surface area contributed by atoms with Crippen molar-refractivity contribution in [1.82, 2.24) is 5.32 Å². The first-order chi connectivity index (χ1) is 13.4. The molecule has 1 aromatic heterocycles. The van der Waals surface area contributed by atoms with Crippen LogP contribution in [-0.2, 0) is 0 Å². The van der Waals surface area contributed by atoms with Gasteiger partial charge < -0.3 is 10.4 Å². The van der Waals surface area contributed by atoms with Crippen molar-refractivity contribution < 1.29 is 14.1 Å². The first-order valence-electron chi connectivity index (χ1n) is 8.49.